The molecule has 0 radical (unpaired) electrons. The number of carbonyl (C=O) groups is 1. The first kappa shape index (κ1) is 19.2. The third-order valence-corrected chi connectivity index (χ3v) is 6.04. The van der Waals surface area contributed by atoms with Crippen molar-refractivity contribution in [2.45, 2.75) is 30.2 Å². The fourth-order valence-corrected chi connectivity index (χ4v) is 3.97. The Balaban J connectivity index is 1.84. The van der Waals surface area contributed by atoms with Crippen molar-refractivity contribution in [3.05, 3.63) is 65.7 Å². The molecule has 0 amide bonds. The van der Waals surface area contributed by atoms with Gasteiger partial charge in [0.2, 0.25) is 0 Å². The number of carbonyl (C=O) groups excluding carboxylic acids is 1. The van der Waals surface area contributed by atoms with Crippen LogP contribution in [-0.2, 0) is 11.2 Å². The van der Waals surface area contributed by atoms with Gasteiger partial charge in [-0.3, -0.25) is 9.69 Å². The number of benzene rings is 2. The fraction of sp³-hybridized carbons (Fsp3) is 0.409. The number of ether oxygens (including phenoxy) is 1. The number of Topliss-reactive ketones (excluding diaryl/α,β-unsaturated/α-hetero) is 1. The van der Waals surface area contributed by atoms with Crippen LogP contribution in [0.3, 0.4) is 0 Å². The van der Waals surface area contributed by atoms with Crippen molar-refractivity contribution in [3.8, 4) is 0 Å². The first-order valence-corrected chi connectivity index (χ1v) is 10.4. The van der Waals surface area contributed by atoms with E-state index in [2.05, 4.69) is 42.3 Å². The Morgan fingerprint density at radius 2 is 1.73 bits per heavy atom. The van der Waals surface area contributed by atoms with Crippen LogP contribution < -0.4 is 0 Å². The van der Waals surface area contributed by atoms with E-state index >= 15 is 0 Å². The van der Waals surface area contributed by atoms with E-state index in [4.69, 9.17) is 4.74 Å². The molecule has 1 heterocycles. The normalized spacial score (nSPS) is 17.6. The Hall–Kier alpha value is -1.62. The Labute approximate surface area is 160 Å². The van der Waals surface area contributed by atoms with Crippen molar-refractivity contribution in [1.82, 2.24) is 4.90 Å². The highest BCUT2D eigenvalue weighted by atomic mass is 32.2. The van der Waals surface area contributed by atoms with Crippen molar-refractivity contribution in [1.29, 1.82) is 0 Å². The molecular weight excluding hydrogens is 342 g/mol. The number of rotatable bonds is 7. The van der Waals surface area contributed by atoms with Crippen LogP contribution in [-0.4, -0.2) is 48.8 Å². The van der Waals surface area contributed by atoms with Crippen LogP contribution in [0.5, 0.6) is 0 Å². The molecule has 1 fully saturated rings. The van der Waals surface area contributed by atoms with Gasteiger partial charge in [0.05, 0.1) is 18.8 Å². The minimum Gasteiger partial charge on any atom is -0.379 e. The quantitative estimate of drug-likeness (QED) is 0.537. The smallest absolute Gasteiger partial charge is 0.182 e. The topological polar surface area (TPSA) is 29.5 Å². The number of hydrogen-bond acceptors (Lipinski definition) is 4. The fourth-order valence-electron chi connectivity index (χ4n) is 3.56. The van der Waals surface area contributed by atoms with Crippen molar-refractivity contribution >= 4 is 17.5 Å². The highest BCUT2D eigenvalue weighted by Gasteiger charge is 2.40. The Morgan fingerprint density at radius 3 is 2.35 bits per heavy atom. The van der Waals surface area contributed by atoms with Gasteiger partial charge in [-0.1, -0.05) is 42.5 Å². The summed E-state index contributed by atoms with van der Waals surface area (Å²) in [5.41, 5.74) is 1.56. The van der Waals surface area contributed by atoms with Crippen molar-refractivity contribution in [2.24, 2.45) is 0 Å². The molecule has 1 aliphatic rings. The lowest BCUT2D eigenvalue weighted by Gasteiger charge is -2.42. The summed E-state index contributed by atoms with van der Waals surface area (Å²) in [6.07, 6.45) is 3.75. The van der Waals surface area contributed by atoms with Gasteiger partial charge in [-0.2, -0.15) is 0 Å². The van der Waals surface area contributed by atoms with E-state index in [1.807, 2.05) is 30.3 Å². The molecule has 1 atom stereocenters. The molecule has 26 heavy (non-hydrogen) atoms. The maximum Gasteiger partial charge on any atom is 0.182 e. The molecule has 3 nitrogen and oxygen atoms in total. The molecule has 1 unspecified atom stereocenters. The molecule has 2 aromatic carbocycles. The molecule has 0 saturated carbocycles. The molecule has 0 aliphatic carbocycles. The zero-order valence-corrected chi connectivity index (χ0v) is 16.4. The summed E-state index contributed by atoms with van der Waals surface area (Å²) in [7, 11) is 0. The predicted molar refractivity (Wildman–Crippen MR) is 108 cm³/mol. The second kappa shape index (κ2) is 8.85. The van der Waals surface area contributed by atoms with Crippen LogP contribution in [0.1, 0.15) is 29.3 Å². The summed E-state index contributed by atoms with van der Waals surface area (Å²) in [5, 5.41) is 0. The van der Waals surface area contributed by atoms with E-state index in [-0.39, 0.29) is 5.78 Å². The van der Waals surface area contributed by atoms with Crippen LogP contribution in [0.25, 0.3) is 0 Å². The van der Waals surface area contributed by atoms with Crippen LogP contribution in [0, 0.1) is 0 Å². The zero-order chi connectivity index (χ0) is 18.4. The van der Waals surface area contributed by atoms with Crippen LogP contribution in [0.4, 0.5) is 0 Å². The van der Waals surface area contributed by atoms with E-state index in [0.29, 0.717) is 13.2 Å². The molecular formula is C22H27NO2S. The van der Waals surface area contributed by atoms with Gasteiger partial charge in [0, 0.05) is 23.5 Å². The van der Waals surface area contributed by atoms with E-state index in [0.717, 1.165) is 31.5 Å². The molecule has 4 heteroatoms. The van der Waals surface area contributed by atoms with Crippen LogP contribution in [0.15, 0.2) is 59.5 Å². The zero-order valence-electron chi connectivity index (χ0n) is 15.6. The van der Waals surface area contributed by atoms with Gasteiger partial charge < -0.3 is 4.74 Å². The number of nitrogens with zero attached hydrogens (tertiary/aromatic N) is 1. The molecule has 0 N–H and O–H groups in total. The summed E-state index contributed by atoms with van der Waals surface area (Å²) in [6, 6.07) is 18.4. The summed E-state index contributed by atoms with van der Waals surface area (Å²) in [5.74, 6) is 0.211. The van der Waals surface area contributed by atoms with Gasteiger partial charge in [0.1, 0.15) is 0 Å². The standard InChI is InChI=1S/C22H27NO2S/c1-22(23-14-16-25-17-15-23,13-12-18-6-4-3-5-7-18)21(24)19-8-10-20(26-2)11-9-19/h3-11H,12-17H2,1-2H3. The summed E-state index contributed by atoms with van der Waals surface area (Å²) in [4.78, 5) is 17.0. The Morgan fingerprint density at radius 1 is 1.08 bits per heavy atom. The molecule has 0 bridgehead atoms. The lowest BCUT2D eigenvalue weighted by Crippen LogP contribution is -2.56. The van der Waals surface area contributed by atoms with Crippen molar-refractivity contribution in [2.75, 3.05) is 32.6 Å². The predicted octanol–water partition coefficient (Wildman–Crippen LogP) is 4.31. The molecule has 1 saturated heterocycles. The number of thioether (sulfide) groups is 1. The van der Waals surface area contributed by atoms with E-state index in [9.17, 15) is 4.79 Å². The van der Waals surface area contributed by atoms with E-state index in [1.54, 1.807) is 11.8 Å². The SMILES string of the molecule is CSc1ccc(C(=O)C(C)(CCc2ccccc2)N2CCOCC2)cc1. The number of aryl methyl sites for hydroxylation is 1. The minimum atomic E-state index is -0.513. The van der Waals surface area contributed by atoms with Gasteiger partial charge in [-0.25, -0.2) is 0 Å². The monoisotopic (exact) mass is 369 g/mol. The van der Waals surface area contributed by atoms with Crippen molar-refractivity contribution in [3.63, 3.8) is 0 Å². The number of ketones is 1. The maximum absolute atomic E-state index is 13.5. The van der Waals surface area contributed by atoms with Crippen LogP contribution in [0.2, 0.25) is 0 Å². The van der Waals surface area contributed by atoms with Gasteiger partial charge in [0.15, 0.2) is 5.78 Å². The van der Waals surface area contributed by atoms with Gasteiger partial charge in [-0.05, 0) is 43.7 Å². The maximum atomic E-state index is 13.5. The lowest BCUT2D eigenvalue weighted by molar-refractivity contribution is -0.0119. The largest absolute Gasteiger partial charge is 0.379 e. The number of morpholine rings is 1. The van der Waals surface area contributed by atoms with Gasteiger partial charge in [0.25, 0.3) is 0 Å². The summed E-state index contributed by atoms with van der Waals surface area (Å²) >= 11 is 1.69. The average molecular weight is 370 g/mol. The second-order valence-electron chi connectivity index (χ2n) is 6.92. The Kier molecular flexibility index (Phi) is 6.52. The first-order chi connectivity index (χ1) is 12.6. The highest BCUT2D eigenvalue weighted by Crippen LogP contribution is 2.28. The highest BCUT2D eigenvalue weighted by molar-refractivity contribution is 7.98. The first-order valence-electron chi connectivity index (χ1n) is 9.19. The summed E-state index contributed by atoms with van der Waals surface area (Å²) < 4.78 is 5.52. The van der Waals surface area contributed by atoms with Crippen molar-refractivity contribution < 1.29 is 9.53 Å². The lowest BCUT2D eigenvalue weighted by atomic mass is 9.83. The molecule has 0 spiro atoms. The average Bonchev–Trinajstić information content (AvgIpc) is 2.73. The van der Waals surface area contributed by atoms with E-state index in [1.165, 1.54) is 10.5 Å². The summed E-state index contributed by atoms with van der Waals surface area (Å²) in [6.45, 7) is 5.10. The molecule has 1 aliphatic heterocycles. The molecule has 2 aromatic rings. The van der Waals surface area contributed by atoms with Gasteiger partial charge >= 0.3 is 0 Å². The third kappa shape index (κ3) is 4.37. The van der Waals surface area contributed by atoms with Gasteiger partial charge in [-0.15, -0.1) is 11.8 Å². The van der Waals surface area contributed by atoms with E-state index < -0.39 is 5.54 Å². The molecule has 0 aromatic heterocycles. The molecule has 138 valence electrons. The molecule has 3 rings (SSSR count). The third-order valence-electron chi connectivity index (χ3n) is 5.29. The Bertz CT molecular complexity index is 711. The minimum absolute atomic E-state index is 0.211. The second-order valence-corrected chi connectivity index (χ2v) is 7.80. The number of hydrogen-bond donors (Lipinski definition) is 0. The van der Waals surface area contributed by atoms with Crippen LogP contribution >= 0.6 is 11.8 Å².